The lowest BCUT2D eigenvalue weighted by Gasteiger charge is -2.67. The van der Waals surface area contributed by atoms with Crippen LogP contribution in [0.1, 0.15) is 93.6 Å². The molecular weight excluding hydrogens is 538 g/mol. The number of carbonyl (C=O) groups is 2. The van der Waals surface area contributed by atoms with Crippen molar-refractivity contribution in [2.24, 2.45) is 11.3 Å². The molecule has 7 heteroatoms. The van der Waals surface area contributed by atoms with E-state index in [2.05, 4.69) is 22.3 Å². The van der Waals surface area contributed by atoms with E-state index in [4.69, 9.17) is 4.74 Å². The first kappa shape index (κ1) is 30.0. The fourth-order valence-electron chi connectivity index (χ4n) is 9.70. The van der Waals surface area contributed by atoms with Gasteiger partial charge in [-0.25, -0.2) is 4.79 Å². The molecule has 6 rings (SSSR count). The van der Waals surface area contributed by atoms with Gasteiger partial charge in [-0.2, -0.15) is 0 Å². The Kier molecular flexibility index (Phi) is 7.99. The summed E-state index contributed by atoms with van der Waals surface area (Å²) in [6, 6.07) is 16.5. The molecule has 2 aromatic rings. The van der Waals surface area contributed by atoms with Gasteiger partial charge >= 0.3 is 6.09 Å². The number of aromatic hydroxyl groups is 1. The Balaban J connectivity index is 1.18. The summed E-state index contributed by atoms with van der Waals surface area (Å²) in [6.07, 6.45) is 9.38. The summed E-state index contributed by atoms with van der Waals surface area (Å²) < 4.78 is 5.36. The largest absolute Gasteiger partial charge is 0.508 e. The highest BCUT2D eigenvalue weighted by Crippen LogP contribution is 2.72. The van der Waals surface area contributed by atoms with Gasteiger partial charge in [-0.3, -0.25) is 9.69 Å². The summed E-state index contributed by atoms with van der Waals surface area (Å²) in [7, 11) is 2.01. The van der Waals surface area contributed by atoms with Crippen molar-refractivity contribution in [3.8, 4) is 5.75 Å². The Morgan fingerprint density at radius 3 is 2.58 bits per heavy atom. The predicted octanol–water partition coefficient (Wildman–Crippen LogP) is 6.29. The molecule has 1 heterocycles. The van der Waals surface area contributed by atoms with E-state index in [1.165, 1.54) is 17.5 Å². The van der Waals surface area contributed by atoms with Gasteiger partial charge in [-0.05, 0) is 132 Å². The van der Waals surface area contributed by atoms with Gasteiger partial charge in [0.2, 0.25) is 0 Å². The van der Waals surface area contributed by atoms with Crippen LogP contribution in [0.25, 0.3) is 0 Å². The van der Waals surface area contributed by atoms with Crippen LogP contribution in [-0.2, 0) is 16.6 Å². The maximum absolute atomic E-state index is 13.6. The van der Waals surface area contributed by atoms with E-state index in [1.54, 1.807) is 0 Å². The van der Waals surface area contributed by atoms with Crippen LogP contribution in [0.2, 0.25) is 0 Å². The van der Waals surface area contributed by atoms with Crippen molar-refractivity contribution in [3.63, 3.8) is 0 Å². The number of phenols is 1. The maximum atomic E-state index is 13.6. The molecule has 1 aliphatic heterocycles. The molecule has 1 saturated heterocycles. The van der Waals surface area contributed by atoms with E-state index in [9.17, 15) is 14.7 Å². The smallest absolute Gasteiger partial charge is 0.407 e. The molecule has 0 aromatic heterocycles. The number of nitrogens with one attached hydrogen (secondary N) is 1. The van der Waals surface area contributed by atoms with Crippen molar-refractivity contribution in [1.82, 2.24) is 15.1 Å². The Morgan fingerprint density at radius 2 is 1.81 bits per heavy atom. The topological polar surface area (TPSA) is 82.1 Å². The van der Waals surface area contributed by atoms with Crippen LogP contribution in [0, 0.1) is 11.3 Å². The standard InChI is InChI=1S/C36H49N3O4/c1-34(2,3)43-33(42)37-20-9-6-10-21-39-22-19-36-28-15-17-35(36,31(39)23-26-13-14-27(40)24-29(26)36)18-16-30(28)38(4)32(41)25-11-7-5-8-12-25/h5,7-8,11-14,24,28,30-31,40H,6,9-10,15-23H2,1-4H3,(H,37,42). The first-order chi connectivity index (χ1) is 20.6. The van der Waals surface area contributed by atoms with Crippen LogP contribution in [0.4, 0.5) is 4.79 Å². The number of hydrogen-bond acceptors (Lipinski definition) is 5. The zero-order valence-corrected chi connectivity index (χ0v) is 26.4. The Labute approximate surface area is 257 Å². The minimum Gasteiger partial charge on any atom is -0.508 e. The molecule has 4 bridgehead atoms. The summed E-state index contributed by atoms with van der Waals surface area (Å²) in [4.78, 5) is 30.4. The fourth-order valence-corrected chi connectivity index (χ4v) is 9.70. The van der Waals surface area contributed by atoms with E-state index < -0.39 is 5.60 Å². The molecule has 43 heavy (non-hydrogen) atoms. The molecule has 2 aromatic carbocycles. The number of piperidine rings is 1. The SMILES string of the molecule is CN(C(=O)c1ccccc1)C1CCC23CCC1C21CCN(CCCCCNC(=O)OC(C)(C)C)C3Cc2ccc(O)cc21. The highest BCUT2D eigenvalue weighted by atomic mass is 16.6. The Bertz CT molecular complexity index is 1340. The van der Waals surface area contributed by atoms with Gasteiger partial charge in [0, 0.05) is 36.7 Å². The minimum absolute atomic E-state index is 0.00797. The third-order valence-corrected chi connectivity index (χ3v) is 11.3. The summed E-state index contributed by atoms with van der Waals surface area (Å²) >= 11 is 0. The number of nitrogens with zero attached hydrogens (tertiary/aromatic N) is 2. The van der Waals surface area contributed by atoms with Crippen LogP contribution < -0.4 is 5.32 Å². The normalized spacial score (nSPS) is 29.3. The first-order valence-corrected chi connectivity index (χ1v) is 16.4. The van der Waals surface area contributed by atoms with Gasteiger partial charge in [-0.15, -0.1) is 0 Å². The lowest BCUT2D eigenvalue weighted by atomic mass is 9.43. The van der Waals surface area contributed by atoms with Crippen LogP contribution in [0.15, 0.2) is 48.5 Å². The van der Waals surface area contributed by atoms with Crippen molar-refractivity contribution in [1.29, 1.82) is 0 Å². The van der Waals surface area contributed by atoms with E-state index in [1.807, 2.05) is 69.1 Å². The van der Waals surface area contributed by atoms with E-state index in [0.717, 1.165) is 70.0 Å². The molecule has 7 nitrogen and oxygen atoms in total. The third kappa shape index (κ3) is 5.22. The number of unbranched alkanes of at least 4 members (excludes halogenated alkanes) is 2. The van der Waals surface area contributed by atoms with Crippen LogP contribution in [0.3, 0.4) is 0 Å². The average Bonchev–Trinajstić information content (AvgIpc) is 3.20. The maximum Gasteiger partial charge on any atom is 0.407 e. The molecular formula is C36H49N3O4. The number of alkyl carbamates (subject to hydrolysis) is 1. The van der Waals surface area contributed by atoms with Crippen molar-refractivity contribution < 1.29 is 19.4 Å². The summed E-state index contributed by atoms with van der Waals surface area (Å²) in [5.74, 6) is 0.867. The molecule has 232 valence electrons. The molecule has 3 aliphatic carbocycles. The third-order valence-electron chi connectivity index (χ3n) is 11.3. The van der Waals surface area contributed by atoms with Crippen LogP contribution in [0.5, 0.6) is 5.75 Å². The molecule has 5 unspecified atom stereocenters. The minimum atomic E-state index is -0.477. The number of ether oxygens (including phenoxy) is 1. The molecule has 5 atom stereocenters. The molecule has 2 saturated carbocycles. The number of amides is 2. The second kappa shape index (κ2) is 11.5. The number of carbonyl (C=O) groups excluding carboxylic acids is 2. The van der Waals surface area contributed by atoms with Gasteiger partial charge < -0.3 is 20.1 Å². The second-order valence-corrected chi connectivity index (χ2v) is 14.5. The molecule has 3 fully saturated rings. The monoisotopic (exact) mass is 587 g/mol. The first-order valence-electron chi connectivity index (χ1n) is 16.4. The van der Waals surface area contributed by atoms with Gasteiger partial charge in [0.1, 0.15) is 11.4 Å². The van der Waals surface area contributed by atoms with Gasteiger partial charge in [0.25, 0.3) is 5.91 Å². The lowest BCUT2D eigenvalue weighted by Crippen LogP contribution is -2.70. The second-order valence-electron chi connectivity index (χ2n) is 14.5. The lowest BCUT2D eigenvalue weighted by molar-refractivity contribution is -0.103. The van der Waals surface area contributed by atoms with E-state index in [-0.39, 0.29) is 28.9 Å². The summed E-state index contributed by atoms with van der Waals surface area (Å²) in [5.41, 5.74) is 3.20. The van der Waals surface area contributed by atoms with Crippen molar-refractivity contribution in [2.45, 2.75) is 102 Å². The molecule has 2 amide bonds. The number of hydrogen-bond donors (Lipinski definition) is 2. The number of likely N-dealkylation sites (tertiary alicyclic amines) is 1. The van der Waals surface area contributed by atoms with Gasteiger partial charge in [-0.1, -0.05) is 30.7 Å². The number of fused-ring (bicyclic) bond motifs is 1. The zero-order chi connectivity index (χ0) is 30.4. The Morgan fingerprint density at radius 1 is 1.05 bits per heavy atom. The van der Waals surface area contributed by atoms with Crippen molar-refractivity contribution >= 4 is 12.0 Å². The number of benzene rings is 2. The van der Waals surface area contributed by atoms with Crippen molar-refractivity contribution in [3.05, 3.63) is 65.2 Å². The van der Waals surface area contributed by atoms with Gasteiger partial charge in [0.05, 0.1) is 0 Å². The molecule has 2 N–H and O–H groups in total. The summed E-state index contributed by atoms with van der Waals surface area (Å²) in [6.45, 7) is 8.41. The van der Waals surface area contributed by atoms with Crippen molar-refractivity contribution in [2.75, 3.05) is 26.7 Å². The highest BCUT2D eigenvalue weighted by molar-refractivity contribution is 5.94. The average molecular weight is 588 g/mol. The fraction of sp³-hybridized carbons (Fsp3) is 0.611. The van der Waals surface area contributed by atoms with E-state index in [0.29, 0.717) is 24.3 Å². The number of phenolic OH excluding ortho intramolecular Hbond substituents is 1. The molecule has 0 spiro atoms. The zero-order valence-electron chi connectivity index (χ0n) is 26.4. The highest BCUT2D eigenvalue weighted by Gasteiger charge is 2.71. The summed E-state index contributed by atoms with van der Waals surface area (Å²) in [5, 5.41) is 13.6. The predicted molar refractivity (Wildman–Crippen MR) is 168 cm³/mol. The number of rotatable bonds is 8. The van der Waals surface area contributed by atoms with Gasteiger partial charge in [0.15, 0.2) is 0 Å². The Hall–Kier alpha value is -3.06. The van der Waals surface area contributed by atoms with Crippen LogP contribution in [-0.4, -0.2) is 71.3 Å². The van der Waals surface area contributed by atoms with E-state index >= 15 is 0 Å². The quantitative estimate of drug-likeness (QED) is 0.355. The molecule has 4 aliphatic rings. The molecule has 0 radical (unpaired) electrons. The van der Waals surface area contributed by atoms with Crippen LogP contribution >= 0.6 is 0 Å².